The Balaban J connectivity index is 1.91. The number of hydrogen-bond donors (Lipinski definition) is 0. The summed E-state index contributed by atoms with van der Waals surface area (Å²) < 4.78 is 4.64. The van der Waals surface area contributed by atoms with Crippen molar-refractivity contribution in [2.75, 3.05) is 7.11 Å². The molecule has 0 N–H and O–H groups in total. The van der Waals surface area contributed by atoms with Crippen molar-refractivity contribution in [3.8, 4) is 6.07 Å². The van der Waals surface area contributed by atoms with Crippen molar-refractivity contribution in [1.82, 2.24) is 0 Å². The van der Waals surface area contributed by atoms with E-state index >= 15 is 0 Å². The Morgan fingerprint density at radius 1 is 1.24 bits per heavy atom. The summed E-state index contributed by atoms with van der Waals surface area (Å²) in [5, 5.41) is 9.42. The molecule has 1 aromatic carbocycles. The molecule has 25 heavy (non-hydrogen) atoms. The number of carbonyl (C=O) groups excluding carboxylic acids is 2. The number of amides is 1. The lowest BCUT2D eigenvalue weighted by molar-refractivity contribution is -0.118. The summed E-state index contributed by atoms with van der Waals surface area (Å²) in [6.07, 6.45) is 8.58. The first-order chi connectivity index (χ1) is 12.1. The highest BCUT2D eigenvalue weighted by molar-refractivity contribution is 6.26. The maximum Gasteiger partial charge on any atom is 0.337 e. The number of amidine groups is 1. The van der Waals surface area contributed by atoms with E-state index in [1.165, 1.54) is 7.11 Å². The number of esters is 1. The van der Waals surface area contributed by atoms with Crippen molar-refractivity contribution in [3.05, 3.63) is 65.3 Å². The van der Waals surface area contributed by atoms with Crippen LogP contribution in [0.1, 0.15) is 15.9 Å². The van der Waals surface area contributed by atoms with Crippen LogP contribution in [0.15, 0.2) is 64.1 Å². The van der Waals surface area contributed by atoms with Gasteiger partial charge in [-0.3, -0.25) is 4.79 Å². The molecule has 1 unspecified atom stereocenters. The van der Waals surface area contributed by atoms with Gasteiger partial charge in [0.1, 0.15) is 12.0 Å². The van der Waals surface area contributed by atoms with E-state index < -0.39 is 11.9 Å². The van der Waals surface area contributed by atoms with Gasteiger partial charge in [0.2, 0.25) is 0 Å². The number of nitriles is 1. The molecule has 6 heteroatoms. The molecule has 1 aliphatic heterocycles. The molecular weight excluding hydrogens is 318 g/mol. The second kappa shape index (κ2) is 6.89. The molecule has 1 atom stereocenters. The van der Waals surface area contributed by atoms with Crippen LogP contribution in [0.5, 0.6) is 0 Å². The van der Waals surface area contributed by atoms with E-state index in [9.17, 15) is 14.9 Å². The van der Waals surface area contributed by atoms with E-state index in [-0.39, 0.29) is 17.3 Å². The third-order valence-electron chi connectivity index (χ3n) is 3.72. The monoisotopic (exact) mass is 331 g/mol. The number of methoxy groups -OCH3 is 1. The SMILES string of the molecule is COC(=O)c1ccc(/C=C(\C#N)C2=NC(=O)C3C=CC=CC3=N2)cc1. The van der Waals surface area contributed by atoms with Gasteiger partial charge in [0.05, 0.1) is 24.0 Å². The van der Waals surface area contributed by atoms with Gasteiger partial charge >= 0.3 is 5.97 Å². The zero-order valence-corrected chi connectivity index (χ0v) is 13.3. The van der Waals surface area contributed by atoms with Gasteiger partial charge < -0.3 is 4.74 Å². The lowest BCUT2D eigenvalue weighted by atomic mass is 9.96. The summed E-state index contributed by atoms with van der Waals surface area (Å²) in [6, 6.07) is 8.56. The van der Waals surface area contributed by atoms with Gasteiger partial charge in [-0.15, -0.1) is 0 Å². The lowest BCUT2D eigenvalue weighted by Gasteiger charge is -2.17. The molecule has 0 fully saturated rings. The minimum atomic E-state index is -0.479. The predicted molar refractivity (Wildman–Crippen MR) is 93.0 cm³/mol. The van der Waals surface area contributed by atoms with Gasteiger partial charge in [-0.2, -0.15) is 10.3 Å². The molecule has 0 spiro atoms. The molecule has 6 nitrogen and oxygen atoms in total. The van der Waals surface area contributed by atoms with E-state index in [4.69, 9.17) is 0 Å². The fraction of sp³-hybridized carbons (Fsp3) is 0.105. The maximum atomic E-state index is 12.1. The normalized spacial score (nSPS) is 18.8. The van der Waals surface area contributed by atoms with Crippen LogP contribution in [-0.2, 0) is 9.53 Å². The van der Waals surface area contributed by atoms with Crippen LogP contribution in [0.3, 0.4) is 0 Å². The number of ether oxygens (including phenoxy) is 1. The second-order valence-corrected chi connectivity index (χ2v) is 5.32. The van der Waals surface area contributed by atoms with Crippen molar-refractivity contribution in [2.45, 2.75) is 0 Å². The van der Waals surface area contributed by atoms with Crippen molar-refractivity contribution in [3.63, 3.8) is 0 Å². The maximum absolute atomic E-state index is 12.1. The molecule has 3 rings (SSSR count). The summed E-state index contributed by atoms with van der Waals surface area (Å²) in [5.74, 6) is -1.17. The molecule has 1 aliphatic carbocycles. The summed E-state index contributed by atoms with van der Waals surface area (Å²) in [6.45, 7) is 0. The highest BCUT2D eigenvalue weighted by Gasteiger charge is 2.27. The number of carbonyl (C=O) groups is 2. The number of allylic oxidation sites excluding steroid dienone is 3. The molecular formula is C19H13N3O3. The summed E-state index contributed by atoms with van der Waals surface area (Å²) >= 11 is 0. The van der Waals surface area contributed by atoms with E-state index in [1.807, 2.05) is 6.07 Å². The Morgan fingerprint density at radius 3 is 2.68 bits per heavy atom. The van der Waals surface area contributed by atoms with Crippen LogP contribution in [0.4, 0.5) is 0 Å². The highest BCUT2D eigenvalue weighted by atomic mass is 16.5. The fourth-order valence-electron chi connectivity index (χ4n) is 2.44. The van der Waals surface area contributed by atoms with E-state index in [0.717, 1.165) is 0 Å². The van der Waals surface area contributed by atoms with Crippen molar-refractivity contribution in [2.24, 2.45) is 15.9 Å². The molecule has 1 aromatic rings. The summed E-state index contributed by atoms with van der Waals surface area (Å²) in [4.78, 5) is 31.8. The van der Waals surface area contributed by atoms with Gasteiger partial charge in [-0.25, -0.2) is 9.79 Å². The number of benzene rings is 1. The average molecular weight is 331 g/mol. The number of nitrogens with zero attached hydrogens (tertiary/aromatic N) is 3. The van der Waals surface area contributed by atoms with Crippen LogP contribution in [-0.4, -0.2) is 30.5 Å². The largest absolute Gasteiger partial charge is 0.465 e. The predicted octanol–water partition coefficient (Wildman–Crippen LogP) is 2.50. The van der Waals surface area contributed by atoms with Crippen molar-refractivity contribution < 1.29 is 14.3 Å². The Morgan fingerprint density at radius 2 is 2.00 bits per heavy atom. The molecule has 1 amide bonds. The minimum absolute atomic E-state index is 0.0933. The first-order valence-corrected chi connectivity index (χ1v) is 7.49. The fourth-order valence-corrected chi connectivity index (χ4v) is 2.44. The summed E-state index contributed by atoms with van der Waals surface area (Å²) in [7, 11) is 1.31. The standard InChI is InChI=1S/C19H13N3O3/c1-25-19(24)13-8-6-12(7-9-13)10-14(11-20)17-21-16-5-3-2-4-15(16)18(23)22-17/h2-10,15H,1H3/b14-10+. The number of rotatable bonds is 3. The number of hydrogen-bond acceptors (Lipinski definition) is 5. The van der Waals surface area contributed by atoms with E-state index in [0.29, 0.717) is 16.8 Å². The van der Waals surface area contributed by atoms with Crippen LogP contribution >= 0.6 is 0 Å². The quantitative estimate of drug-likeness (QED) is 0.628. The van der Waals surface area contributed by atoms with Gasteiger partial charge in [0, 0.05) is 0 Å². The Hall–Kier alpha value is -3.59. The molecule has 0 aromatic heterocycles. The molecule has 0 saturated carbocycles. The van der Waals surface area contributed by atoms with Gasteiger partial charge in [0.25, 0.3) is 5.91 Å². The Bertz CT molecular complexity index is 926. The molecule has 122 valence electrons. The third-order valence-corrected chi connectivity index (χ3v) is 3.72. The molecule has 0 bridgehead atoms. The van der Waals surface area contributed by atoms with Crippen molar-refractivity contribution >= 4 is 29.5 Å². The van der Waals surface area contributed by atoms with Crippen molar-refractivity contribution in [1.29, 1.82) is 5.26 Å². The highest BCUT2D eigenvalue weighted by Crippen LogP contribution is 2.19. The van der Waals surface area contributed by atoms with Gasteiger partial charge in [-0.1, -0.05) is 30.4 Å². The van der Waals surface area contributed by atoms with Crippen LogP contribution in [0.2, 0.25) is 0 Å². The van der Waals surface area contributed by atoms with Crippen LogP contribution in [0, 0.1) is 17.2 Å². The third kappa shape index (κ3) is 3.35. The number of fused-ring (bicyclic) bond motifs is 1. The van der Waals surface area contributed by atoms with Gasteiger partial charge in [0.15, 0.2) is 5.84 Å². The zero-order chi connectivity index (χ0) is 17.8. The van der Waals surface area contributed by atoms with E-state index in [1.54, 1.807) is 54.6 Å². The molecule has 0 saturated heterocycles. The molecule has 2 aliphatic rings. The lowest BCUT2D eigenvalue weighted by Crippen LogP contribution is -2.27. The van der Waals surface area contributed by atoms with Crippen LogP contribution < -0.4 is 0 Å². The molecule has 0 radical (unpaired) electrons. The summed E-state index contributed by atoms with van der Waals surface area (Å²) in [5.41, 5.74) is 1.83. The Kier molecular flexibility index (Phi) is 4.48. The smallest absolute Gasteiger partial charge is 0.337 e. The molecule has 1 heterocycles. The van der Waals surface area contributed by atoms with Crippen LogP contribution in [0.25, 0.3) is 6.08 Å². The first kappa shape index (κ1) is 16.3. The second-order valence-electron chi connectivity index (χ2n) is 5.32. The average Bonchev–Trinajstić information content (AvgIpc) is 2.66. The van der Waals surface area contributed by atoms with E-state index in [2.05, 4.69) is 14.7 Å². The number of aliphatic imine (C=N–C) groups is 2. The zero-order valence-electron chi connectivity index (χ0n) is 13.3. The topological polar surface area (TPSA) is 91.9 Å². The van der Waals surface area contributed by atoms with Gasteiger partial charge in [-0.05, 0) is 29.8 Å². The first-order valence-electron chi connectivity index (χ1n) is 7.49. The minimum Gasteiger partial charge on any atom is -0.465 e. The Labute approximate surface area is 144 Å².